The van der Waals surface area contributed by atoms with Gasteiger partial charge in [0.1, 0.15) is 0 Å². The maximum atomic E-state index is 5.70. The first-order valence-corrected chi connectivity index (χ1v) is 7.75. The van der Waals surface area contributed by atoms with E-state index in [9.17, 15) is 0 Å². The maximum Gasteiger partial charge on any atom is 0.0512 e. The van der Waals surface area contributed by atoms with Crippen LogP contribution >= 0.6 is 0 Å². The average molecular weight is 261 g/mol. The molecule has 2 unspecified atom stereocenters. The van der Waals surface area contributed by atoms with E-state index in [1.165, 1.54) is 30.4 Å². The highest BCUT2D eigenvalue weighted by atomic mass is 16.5. The lowest BCUT2D eigenvalue weighted by Gasteiger charge is -2.32. The fraction of sp³-hybridized carbons (Fsp3) is 0.647. The molecule has 19 heavy (non-hydrogen) atoms. The topological polar surface area (TPSA) is 21.3 Å². The second-order valence-corrected chi connectivity index (χ2v) is 5.46. The molecule has 2 rings (SSSR count). The Morgan fingerprint density at radius 1 is 1.32 bits per heavy atom. The molecular formula is C17H27NO. The minimum Gasteiger partial charge on any atom is -0.381 e. The molecule has 0 spiro atoms. The Morgan fingerprint density at radius 3 is 2.84 bits per heavy atom. The van der Waals surface area contributed by atoms with Gasteiger partial charge in [0.15, 0.2) is 0 Å². The third kappa shape index (κ3) is 3.80. The van der Waals surface area contributed by atoms with Crippen LogP contribution in [0, 0.1) is 5.92 Å². The number of ether oxygens (including phenoxy) is 1. The molecule has 2 nitrogen and oxygen atoms in total. The summed E-state index contributed by atoms with van der Waals surface area (Å²) < 4.78 is 5.70. The molecule has 2 heteroatoms. The molecule has 1 fully saturated rings. The van der Waals surface area contributed by atoms with Gasteiger partial charge < -0.3 is 10.1 Å². The van der Waals surface area contributed by atoms with Crippen LogP contribution in [0.25, 0.3) is 0 Å². The Labute approximate surface area is 117 Å². The van der Waals surface area contributed by atoms with Crippen LogP contribution in [0.2, 0.25) is 0 Å². The van der Waals surface area contributed by atoms with Gasteiger partial charge in [0, 0.05) is 18.6 Å². The minimum atomic E-state index is 0.455. The van der Waals surface area contributed by atoms with Crippen LogP contribution in [-0.2, 0) is 11.2 Å². The van der Waals surface area contributed by atoms with Crippen LogP contribution < -0.4 is 5.32 Å². The number of hydrogen-bond donors (Lipinski definition) is 1. The highest BCUT2D eigenvalue weighted by molar-refractivity contribution is 5.30. The standard InChI is InChI=1S/C17H27NO/c1-3-11-18-17(15-9-7-12-19-13-15)16-10-6-5-8-14(16)4-2/h5-6,8,10,15,17-18H,3-4,7,9,11-13H2,1-2H3. The van der Waals surface area contributed by atoms with Crippen molar-refractivity contribution in [3.8, 4) is 0 Å². The van der Waals surface area contributed by atoms with Crippen molar-refractivity contribution in [3.63, 3.8) is 0 Å². The molecular weight excluding hydrogens is 234 g/mol. The van der Waals surface area contributed by atoms with Crippen LogP contribution in [0.4, 0.5) is 0 Å². The predicted octanol–water partition coefficient (Wildman–Crippen LogP) is 3.72. The minimum absolute atomic E-state index is 0.455. The van der Waals surface area contributed by atoms with E-state index in [-0.39, 0.29) is 0 Å². The van der Waals surface area contributed by atoms with Gasteiger partial charge >= 0.3 is 0 Å². The zero-order chi connectivity index (χ0) is 13.5. The first-order chi connectivity index (χ1) is 9.36. The summed E-state index contributed by atoms with van der Waals surface area (Å²) >= 11 is 0. The fourth-order valence-electron chi connectivity index (χ4n) is 3.02. The van der Waals surface area contributed by atoms with Gasteiger partial charge in [0.2, 0.25) is 0 Å². The fourth-order valence-corrected chi connectivity index (χ4v) is 3.02. The van der Waals surface area contributed by atoms with E-state index in [0.29, 0.717) is 12.0 Å². The Morgan fingerprint density at radius 2 is 2.16 bits per heavy atom. The lowest BCUT2D eigenvalue weighted by Crippen LogP contribution is -2.34. The second kappa shape index (κ2) is 7.66. The van der Waals surface area contributed by atoms with E-state index < -0.39 is 0 Å². The van der Waals surface area contributed by atoms with Crippen LogP contribution in [0.15, 0.2) is 24.3 Å². The molecule has 0 amide bonds. The lowest BCUT2D eigenvalue weighted by atomic mass is 9.86. The summed E-state index contributed by atoms with van der Waals surface area (Å²) in [6.07, 6.45) is 4.76. The SMILES string of the molecule is CCCNC(c1ccccc1CC)C1CCCOC1. The molecule has 0 radical (unpaired) electrons. The Balaban J connectivity index is 2.19. The molecule has 1 saturated heterocycles. The van der Waals surface area contributed by atoms with Crippen LogP contribution in [-0.4, -0.2) is 19.8 Å². The second-order valence-electron chi connectivity index (χ2n) is 5.46. The molecule has 2 atom stereocenters. The van der Waals surface area contributed by atoms with Gasteiger partial charge in [-0.2, -0.15) is 0 Å². The van der Waals surface area contributed by atoms with E-state index in [4.69, 9.17) is 4.74 Å². The van der Waals surface area contributed by atoms with Gasteiger partial charge in [-0.05, 0) is 43.4 Å². The first kappa shape index (κ1) is 14.5. The molecule has 1 aliphatic heterocycles. The summed E-state index contributed by atoms with van der Waals surface area (Å²) in [5.41, 5.74) is 2.95. The zero-order valence-electron chi connectivity index (χ0n) is 12.3. The maximum absolute atomic E-state index is 5.70. The third-order valence-corrected chi connectivity index (χ3v) is 4.05. The van der Waals surface area contributed by atoms with E-state index in [0.717, 1.165) is 26.2 Å². The molecule has 1 aromatic rings. The van der Waals surface area contributed by atoms with Gasteiger partial charge in [-0.3, -0.25) is 0 Å². The van der Waals surface area contributed by atoms with Crippen LogP contribution in [0.3, 0.4) is 0 Å². The van der Waals surface area contributed by atoms with Gasteiger partial charge in [0.25, 0.3) is 0 Å². The smallest absolute Gasteiger partial charge is 0.0512 e. The molecule has 1 heterocycles. The summed E-state index contributed by atoms with van der Waals surface area (Å²) in [6, 6.07) is 9.33. The van der Waals surface area contributed by atoms with Crippen molar-refractivity contribution >= 4 is 0 Å². The summed E-state index contributed by atoms with van der Waals surface area (Å²) in [6.45, 7) is 7.39. The van der Waals surface area contributed by atoms with Crippen molar-refractivity contribution in [1.82, 2.24) is 5.32 Å². The molecule has 0 aliphatic carbocycles. The van der Waals surface area contributed by atoms with Gasteiger partial charge in [-0.25, -0.2) is 0 Å². The summed E-state index contributed by atoms with van der Waals surface area (Å²) in [4.78, 5) is 0. The van der Waals surface area contributed by atoms with Gasteiger partial charge in [0.05, 0.1) is 6.61 Å². The predicted molar refractivity (Wildman–Crippen MR) is 80.4 cm³/mol. The summed E-state index contributed by atoms with van der Waals surface area (Å²) in [7, 11) is 0. The largest absolute Gasteiger partial charge is 0.381 e. The van der Waals surface area contributed by atoms with E-state index in [1.807, 2.05) is 0 Å². The molecule has 1 N–H and O–H groups in total. The quantitative estimate of drug-likeness (QED) is 0.842. The van der Waals surface area contributed by atoms with Gasteiger partial charge in [-0.1, -0.05) is 38.1 Å². The van der Waals surface area contributed by atoms with Crippen molar-refractivity contribution in [2.45, 2.75) is 45.6 Å². The number of benzene rings is 1. The van der Waals surface area contributed by atoms with Crippen molar-refractivity contribution in [1.29, 1.82) is 0 Å². The highest BCUT2D eigenvalue weighted by Gasteiger charge is 2.26. The molecule has 0 aromatic heterocycles. The lowest BCUT2D eigenvalue weighted by molar-refractivity contribution is 0.0389. The molecule has 0 saturated carbocycles. The van der Waals surface area contributed by atoms with Gasteiger partial charge in [-0.15, -0.1) is 0 Å². The zero-order valence-corrected chi connectivity index (χ0v) is 12.3. The number of hydrogen-bond acceptors (Lipinski definition) is 2. The molecule has 1 aliphatic rings. The van der Waals surface area contributed by atoms with Crippen molar-refractivity contribution in [2.75, 3.05) is 19.8 Å². The van der Waals surface area contributed by atoms with Crippen LogP contribution in [0.5, 0.6) is 0 Å². The number of nitrogens with one attached hydrogen (secondary N) is 1. The highest BCUT2D eigenvalue weighted by Crippen LogP contribution is 2.31. The van der Waals surface area contributed by atoms with E-state index >= 15 is 0 Å². The molecule has 1 aromatic carbocycles. The van der Waals surface area contributed by atoms with Crippen molar-refractivity contribution < 1.29 is 4.74 Å². The van der Waals surface area contributed by atoms with Crippen LogP contribution in [0.1, 0.15) is 50.3 Å². The third-order valence-electron chi connectivity index (χ3n) is 4.05. The number of rotatable bonds is 6. The first-order valence-electron chi connectivity index (χ1n) is 7.75. The van der Waals surface area contributed by atoms with Crippen molar-refractivity contribution in [3.05, 3.63) is 35.4 Å². The average Bonchev–Trinajstić information content (AvgIpc) is 2.49. The Kier molecular flexibility index (Phi) is 5.87. The normalized spacial score (nSPS) is 21.3. The summed E-state index contributed by atoms with van der Waals surface area (Å²) in [5, 5.41) is 3.75. The van der Waals surface area contributed by atoms with E-state index in [1.54, 1.807) is 0 Å². The molecule has 0 bridgehead atoms. The monoisotopic (exact) mass is 261 g/mol. The number of aryl methyl sites for hydroxylation is 1. The van der Waals surface area contributed by atoms with E-state index in [2.05, 4.69) is 43.4 Å². The molecule has 106 valence electrons. The summed E-state index contributed by atoms with van der Waals surface area (Å²) in [5.74, 6) is 0.619. The Bertz CT molecular complexity index is 371. The Hall–Kier alpha value is -0.860. The van der Waals surface area contributed by atoms with Crippen molar-refractivity contribution in [2.24, 2.45) is 5.92 Å².